The molecule has 0 unspecified atom stereocenters. The minimum absolute atomic E-state index is 0.120. The topological polar surface area (TPSA) is 78.9 Å². The molecule has 0 aromatic carbocycles. The van der Waals surface area contributed by atoms with Crippen molar-refractivity contribution in [3.63, 3.8) is 0 Å². The molecule has 0 spiro atoms. The lowest BCUT2D eigenvalue weighted by Gasteiger charge is -2.18. The van der Waals surface area contributed by atoms with E-state index in [1.807, 2.05) is 0 Å². The first kappa shape index (κ1) is 66.6. The maximum Gasteiger partial charge on any atom is 0.306 e. The number of hydrogen-bond donors (Lipinski definition) is 0. The van der Waals surface area contributed by atoms with Crippen molar-refractivity contribution in [1.29, 1.82) is 0 Å². The molecule has 1 atom stereocenters. The first-order valence-corrected chi connectivity index (χ1v) is 28.7. The molecule has 0 aromatic rings. The minimum Gasteiger partial charge on any atom is -0.462 e. The van der Waals surface area contributed by atoms with E-state index in [0.717, 1.165) is 116 Å². The standard InChI is InChI=1S/C65H104O6/c1-4-7-10-13-16-19-22-25-28-31-32-35-37-40-43-46-49-52-55-58-64(67)70-61-62(71-65(68)59-56-53-50-47-44-41-38-34-30-27-24-21-18-15-12-9-6-3)60-69-63(66)57-54-51-48-45-42-39-36-33-29-26-23-20-17-14-11-8-5-2/h7,10,16-21,25-30,32,35-36,39-40,43,45,48,62H,4-6,8-9,11-15,22-24,31,33-34,37-38,41-42,44,46-47,49-61H2,1-3H3/b10-7-,19-16-,20-17-,21-18-,28-25-,29-26-,30-27-,35-32-,39-36-,43-40-,48-45-/t62-/m0/s1. The minimum atomic E-state index is -0.824. The number of rotatable bonds is 50. The van der Waals surface area contributed by atoms with Crippen molar-refractivity contribution in [3.05, 3.63) is 134 Å². The first-order valence-electron chi connectivity index (χ1n) is 28.7. The molecule has 6 nitrogen and oxygen atoms in total. The third-order valence-electron chi connectivity index (χ3n) is 11.6. The molecule has 0 rings (SSSR count). The number of ether oxygens (including phenoxy) is 3. The second-order valence-corrected chi connectivity index (χ2v) is 18.5. The van der Waals surface area contributed by atoms with Crippen LogP contribution in [0.4, 0.5) is 0 Å². The molecule has 0 saturated heterocycles. The molecular weight excluding hydrogens is 877 g/mol. The zero-order valence-electron chi connectivity index (χ0n) is 45.7. The van der Waals surface area contributed by atoms with Crippen molar-refractivity contribution in [1.82, 2.24) is 0 Å². The Morgan fingerprint density at radius 3 is 0.930 bits per heavy atom. The first-order chi connectivity index (χ1) is 35.0. The summed E-state index contributed by atoms with van der Waals surface area (Å²) in [5, 5.41) is 0. The van der Waals surface area contributed by atoms with Gasteiger partial charge in [0.15, 0.2) is 6.10 Å². The zero-order chi connectivity index (χ0) is 51.4. The van der Waals surface area contributed by atoms with Gasteiger partial charge in [0.2, 0.25) is 0 Å². The van der Waals surface area contributed by atoms with Crippen LogP contribution in [-0.4, -0.2) is 37.2 Å². The molecule has 0 heterocycles. The van der Waals surface area contributed by atoms with E-state index in [9.17, 15) is 14.4 Å². The molecule has 0 bridgehead atoms. The van der Waals surface area contributed by atoms with Gasteiger partial charge in [0, 0.05) is 19.3 Å². The molecule has 0 fully saturated rings. The van der Waals surface area contributed by atoms with E-state index >= 15 is 0 Å². The average molecular weight is 982 g/mol. The van der Waals surface area contributed by atoms with Gasteiger partial charge in [-0.1, -0.05) is 219 Å². The van der Waals surface area contributed by atoms with E-state index in [4.69, 9.17) is 14.2 Å². The van der Waals surface area contributed by atoms with E-state index in [1.54, 1.807) is 0 Å². The summed E-state index contributed by atoms with van der Waals surface area (Å²) in [4.78, 5) is 38.2. The van der Waals surface area contributed by atoms with Crippen LogP contribution in [0.1, 0.15) is 239 Å². The van der Waals surface area contributed by atoms with Gasteiger partial charge in [-0.2, -0.15) is 0 Å². The summed E-state index contributed by atoms with van der Waals surface area (Å²) >= 11 is 0. The van der Waals surface area contributed by atoms with Gasteiger partial charge in [0.1, 0.15) is 13.2 Å². The van der Waals surface area contributed by atoms with Gasteiger partial charge in [-0.3, -0.25) is 14.4 Å². The van der Waals surface area contributed by atoms with Gasteiger partial charge in [0.25, 0.3) is 0 Å². The fourth-order valence-corrected chi connectivity index (χ4v) is 7.31. The Morgan fingerprint density at radius 2 is 0.563 bits per heavy atom. The van der Waals surface area contributed by atoms with E-state index in [-0.39, 0.29) is 37.5 Å². The third kappa shape index (κ3) is 56.3. The van der Waals surface area contributed by atoms with Crippen LogP contribution < -0.4 is 0 Å². The van der Waals surface area contributed by atoms with E-state index < -0.39 is 6.10 Å². The fourth-order valence-electron chi connectivity index (χ4n) is 7.31. The van der Waals surface area contributed by atoms with Crippen molar-refractivity contribution >= 4 is 17.9 Å². The Kier molecular flexibility index (Phi) is 54.5. The molecule has 6 heteroatoms. The highest BCUT2D eigenvalue weighted by Crippen LogP contribution is 2.13. The van der Waals surface area contributed by atoms with Crippen LogP contribution in [0.2, 0.25) is 0 Å². The van der Waals surface area contributed by atoms with Crippen LogP contribution >= 0.6 is 0 Å². The van der Waals surface area contributed by atoms with Gasteiger partial charge in [-0.25, -0.2) is 0 Å². The largest absolute Gasteiger partial charge is 0.462 e. The maximum absolute atomic E-state index is 12.9. The van der Waals surface area contributed by atoms with Crippen molar-refractivity contribution in [3.8, 4) is 0 Å². The number of carbonyl (C=O) groups excluding carboxylic acids is 3. The number of hydrogen-bond acceptors (Lipinski definition) is 6. The molecule has 0 aliphatic carbocycles. The summed E-state index contributed by atoms with van der Waals surface area (Å²) in [5.74, 6) is -1.02. The Hall–Kier alpha value is -4.45. The highest BCUT2D eigenvalue weighted by Gasteiger charge is 2.19. The molecule has 0 amide bonds. The summed E-state index contributed by atoms with van der Waals surface area (Å²) in [6.07, 6.45) is 81.5. The molecule has 71 heavy (non-hydrogen) atoms. The monoisotopic (exact) mass is 981 g/mol. The molecule has 0 aromatic heterocycles. The Morgan fingerprint density at radius 1 is 0.296 bits per heavy atom. The van der Waals surface area contributed by atoms with Crippen molar-refractivity contribution in [2.45, 2.75) is 245 Å². The normalized spacial score (nSPS) is 13.1. The smallest absolute Gasteiger partial charge is 0.306 e. The number of unbranched alkanes of at least 4 members (excludes halogenated alkanes) is 17. The van der Waals surface area contributed by atoms with Gasteiger partial charge in [-0.15, -0.1) is 0 Å². The second-order valence-electron chi connectivity index (χ2n) is 18.5. The van der Waals surface area contributed by atoms with Crippen LogP contribution in [0.3, 0.4) is 0 Å². The van der Waals surface area contributed by atoms with Crippen molar-refractivity contribution < 1.29 is 28.6 Å². The number of esters is 3. The average Bonchev–Trinajstić information content (AvgIpc) is 3.37. The molecular formula is C65H104O6. The van der Waals surface area contributed by atoms with E-state index in [1.165, 1.54) is 77.0 Å². The number of allylic oxidation sites excluding steroid dienone is 22. The van der Waals surface area contributed by atoms with Crippen molar-refractivity contribution in [2.24, 2.45) is 0 Å². The molecule has 400 valence electrons. The fraction of sp³-hybridized carbons (Fsp3) is 0.615. The van der Waals surface area contributed by atoms with Crippen LogP contribution in [-0.2, 0) is 28.6 Å². The van der Waals surface area contributed by atoms with Gasteiger partial charge in [0.05, 0.1) is 0 Å². The van der Waals surface area contributed by atoms with Crippen LogP contribution in [0.5, 0.6) is 0 Å². The molecule has 0 aliphatic heterocycles. The quantitative estimate of drug-likeness (QED) is 0.0262. The lowest BCUT2D eigenvalue weighted by Crippen LogP contribution is -2.30. The lowest BCUT2D eigenvalue weighted by atomic mass is 10.1. The summed E-state index contributed by atoms with van der Waals surface area (Å²) in [6, 6.07) is 0. The summed E-state index contributed by atoms with van der Waals surface area (Å²) < 4.78 is 16.8. The van der Waals surface area contributed by atoms with E-state index in [0.29, 0.717) is 19.3 Å². The number of carbonyl (C=O) groups is 3. The Balaban J connectivity index is 4.57. The SMILES string of the molecule is CC/C=C\C/C=C\C/C=C\C/C=C\C/C=C\CCCCCC(=O)OC[C@H](COC(=O)CCC/C=C\C/C=C\C/C=C\C/C=C\CCCCC)OC(=O)CCCCCCCCC/C=C\C/C=C\CCCCC. The predicted octanol–water partition coefficient (Wildman–Crippen LogP) is 19.4. The lowest BCUT2D eigenvalue weighted by molar-refractivity contribution is -0.167. The van der Waals surface area contributed by atoms with Crippen LogP contribution in [0.15, 0.2) is 134 Å². The van der Waals surface area contributed by atoms with Gasteiger partial charge >= 0.3 is 17.9 Å². The molecule has 0 saturated carbocycles. The second kappa shape index (κ2) is 58.1. The van der Waals surface area contributed by atoms with Gasteiger partial charge in [-0.05, 0) is 135 Å². The summed E-state index contributed by atoms with van der Waals surface area (Å²) in [6.45, 7) is 6.38. The van der Waals surface area contributed by atoms with Gasteiger partial charge < -0.3 is 14.2 Å². The Labute approximate surface area is 436 Å². The molecule has 0 radical (unpaired) electrons. The summed E-state index contributed by atoms with van der Waals surface area (Å²) in [5.41, 5.74) is 0. The maximum atomic E-state index is 12.9. The predicted molar refractivity (Wildman–Crippen MR) is 306 cm³/mol. The molecule has 0 aliphatic rings. The van der Waals surface area contributed by atoms with Crippen LogP contribution in [0.25, 0.3) is 0 Å². The highest BCUT2D eigenvalue weighted by molar-refractivity contribution is 5.71. The third-order valence-corrected chi connectivity index (χ3v) is 11.6. The van der Waals surface area contributed by atoms with Crippen LogP contribution in [0, 0.1) is 0 Å². The van der Waals surface area contributed by atoms with E-state index in [2.05, 4.69) is 154 Å². The summed E-state index contributed by atoms with van der Waals surface area (Å²) in [7, 11) is 0. The zero-order valence-corrected chi connectivity index (χ0v) is 45.7. The molecule has 0 N–H and O–H groups in total. The van der Waals surface area contributed by atoms with Crippen molar-refractivity contribution in [2.75, 3.05) is 13.2 Å². The Bertz CT molecular complexity index is 1550. The highest BCUT2D eigenvalue weighted by atomic mass is 16.6.